The molecule has 0 aromatic rings. The Morgan fingerprint density at radius 2 is 2.21 bits per heavy atom. The number of nitrogens with one attached hydrogen (secondary N) is 1. The molecular weight excluding hydrogens is 182 g/mol. The van der Waals surface area contributed by atoms with Gasteiger partial charge in [-0.1, -0.05) is 12.7 Å². The van der Waals surface area contributed by atoms with E-state index in [0.29, 0.717) is 12.1 Å². The molecule has 1 unspecified atom stereocenters. The van der Waals surface area contributed by atoms with E-state index < -0.39 is 12.1 Å². The summed E-state index contributed by atoms with van der Waals surface area (Å²) in [5, 5.41) is 20.5. The van der Waals surface area contributed by atoms with Crippen LogP contribution in [-0.4, -0.2) is 22.3 Å². The van der Waals surface area contributed by atoms with E-state index in [9.17, 15) is 9.90 Å². The minimum Gasteiger partial charge on any atom is -0.478 e. The second kappa shape index (κ2) is 5.99. The molecule has 78 valence electrons. The number of carboxylic acids is 1. The van der Waals surface area contributed by atoms with Gasteiger partial charge in [-0.05, 0) is 13.3 Å². The molecule has 0 aliphatic rings. The number of aliphatic carboxylic acids is 1. The van der Waals surface area contributed by atoms with E-state index in [1.807, 2.05) is 0 Å². The van der Waals surface area contributed by atoms with Crippen molar-refractivity contribution in [1.29, 1.82) is 0 Å². The Bertz CT molecular complexity index is 269. The monoisotopic (exact) mass is 197 g/mol. The maximum Gasteiger partial charge on any atom is 0.332 e. The van der Waals surface area contributed by atoms with Gasteiger partial charge in [0.2, 0.25) is 0 Å². The van der Waals surface area contributed by atoms with E-state index in [1.54, 1.807) is 6.08 Å². The summed E-state index contributed by atoms with van der Waals surface area (Å²) in [7, 11) is 0. The van der Waals surface area contributed by atoms with Crippen LogP contribution in [0.5, 0.6) is 0 Å². The number of aliphatic hydroxyl groups is 1. The third-order valence-corrected chi connectivity index (χ3v) is 1.60. The number of carboxylic acid groups (broad SMARTS) is 1. The first kappa shape index (κ1) is 12.4. The van der Waals surface area contributed by atoms with Gasteiger partial charge in [-0.25, -0.2) is 4.79 Å². The fourth-order valence-corrected chi connectivity index (χ4v) is 0.659. The van der Waals surface area contributed by atoms with Gasteiger partial charge in [0.05, 0.1) is 6.10 Å². The number of hydrogen-bond donors (Lipinski definition) is 3. The van der Waals surface area contributed by atoms with Crippen molar-refractivity contribution < 1.29 is 15.0 Å². The van der Waals surface area contributed by atoms with Gasteiger partial charge in [0.25, 0.3) is 0 Å². The van der Waals surface area contributed by atoms with Gasteiger partial charge in [-0.15, -0.1) is 6.58 Å². The second-order valence-corrected chi connectivity index (χ2v) is 2.84. The average molecular weight is 197 g/mol. The number of hydrogen-bond acceptors (Lipinski definition) is 3. The number of rotatable bonds is 6. The lowest BCUT2D eigenvalue weighted by molar-refractivity contribution is -0.132. The van der Waals surface area contributed by atoms with Gasteiger partial charge in [-0.2, -0.15) is 0 Å². The summed E-state index contributed by atoms with van der Waals surface area (Å²) >= 11 is 0. The Balaban J connectivity index is 4.13. The second-order valence-electron chi connectivity index (χ2n) is 2.84. The lowest BCUT2D eigenvalue weighted by Crippen LogP contribution is -2.19. The van der Waals surface area contributed by atoms with Crippen molar-refractivity contribution in [3.63, 3.8) is 0 Å². The molecule has 0 saturated heterocycles. The summed E-state index contributed by atoms with van der Waals surface area (Å²) in [6.07, 6.45) is 2.49. The molecule has 3 N–H and O–H groups in total. The van der Waals surface area contributed by atoms with Gasteiger partial charge >= 0.3 is 5.97 Å². The van der Waals surface area contributed by atoms with Crippen molar-refractivity contribution in [2.45, 2.75) is 19.4 Å². The summed E-state index contributed by atoms with van der Waals surface area (Å²) in [5.41, 5.74) is 0.502. The van der Waals surface area contributed by atoms with Crippen molar-refractivity contribution >= 4 is 5.97 Å². The van der Waals surface area contributed by atoms with Crippen LogP contribution in [0.4, 0.5) is 0 Å². The highest BCUT2D eigenvalue weighted by atomic mass is 16.4. The van der Waals surface area contributed by atoms with Crippen LogP contribution in [0, 0.1) is 0 Å². The molecule has 0 spiro atoms. The highest BCUT2D eigenvalue weighted by molar-refractivity contribution is 5.85. The predicted octanol–water partition coefficient (Wildman–Crippen LogP) is 1.02. The summed E-state index contributed by atoms with van der Waals surface area (Å²) in [5.74, 6) is -1.01. The molecule has 1 atom stereocenters. The maximum atomic E-state index is 10.4. The first-order valence-electron chi connectivity index (χ1n) is 4.13. The van der Waals surface area contributed by atoms with Crippen LogP contribution in [0.2, 0.25) is 0 Å². The minimum atomic E-state index is -1.01. The zero-order valence-electron chi connectivity index (χ0n) is 8.16. The molecule has 0 aromatic heterocycles. The van der Waals surface area contributed by atoms with Crippen LogP contribution in [0.25, 0.3) is 0 Å². The summed E-state index contributed by atoms with van der Waals surface area (Å²) in [4.78, 5) is 10.4. The fourth-order valence-electron chi connectivity index (χ4n) is 0.659. The van der Waals surface area contributed by atoms with Gasteiger partial charge in [0.1, 0.15) is 0 Å². The molecule has 4 heteroatoms. The largest absolute Gasteiger partial charge is 0.478 e. The Morgan fingerprint density at radius 1 is 1.64 bits per heavy atom. The zero-order valence-corrected chi connectivity index (χ0v) is 8.16. The molecule has 0 aliphatic carbocycles. The molecule has 0 heterocycles. The Hall–Kier alpha value is -1.55. The first-order chi connectivity index (χ1) is 6.49. The van der Waals surface area contributed by atoms with Crippen molar-refractivity contribution in [3.05, 3.63) is 36.7 Å². The number of carbonyl (C=O) groups is 1. The maximum absolute atomic E-state index is 10.4. The van der Waals surface area contributed by atoms with E-state index in [4.69, 9.17) is 5.11 Å². The molecule has 0 saturated carbocycles. The van der Waals surface area contributed by atoms with E-state index in [0.717, 1.165) is 0 Å². The van der Waals surface area contributed by atoms with E-state index >= 15 is 0 Å². The third-order valence-electron chi connectivity index (χ3n) is 1.60. The summed E-state index contributed by atoms with van der Waals surface area (Å²) < 4.78 is 0. The highest BCUT2D eigenvalue weighted by Crippen LogP contribution is 2.01. The van der Waals surface area contributed by atoms with E-state index in [-0.39, 0.29) is 5.57 Å². The third kappa shape index (κ3) is 4.47. The van der Waals surface area contributed by atoms with Crippen LogP contribution >= 0.6 is 0 Å². The molecule has 4 nitrogen and oxygen atoms in total. The van der Waals surface area contributed by atoms with Crippen LogP contribution in [0.1, 0.15) is 13.3 Å². The van der Waals surface area contributed by atoms with E-state index in [2.05, 4.69) is 18.5 Å². The van der Waals surface area contributed by atoms with E-state index in [1.165, 1.54) is 13.1 Å². The van der Waals surface area contributed by atoms with Gasteiger partial charge in [0, 0.05) is 17.5 Å². The smallest absolute Gasteiger partial charge is 0.332 e. The molecule has 14 heavy (non-hydrogen) atoms. The van der Waals surface area contributed by atoms with Gasteiger partial charge < -0.3 is 15.5 Å². The SMILES string of the molecule is C=CCC(O)C(=C)NC=C(C)C(=O)O. The lowest BCUT2D eigenvalue weighted by Gasteiger charge is -2.11. The minimum absolute atomic E-state index is 0.150. The molecule has 0 aromatic carbocycles. The normalized spacial score (nSPS) is 13.1. The fraction of sp³-hybridized carbons (Fsp3) is 0.300. The molecule has 0 aliphatic heterocycles. The molecule has 0 radical (unpaired) electrons. The van der Waals surface area contributed by atoms with Crippen molar-refractivity contribution in [2.24, 2.45) is 0 Å². The van der Waals surface area contributed by atoms with Crippen LogP contribution in [0.15, 0.2) is 36.7 Å². The summed E-state index contributed by atoms with van der Waals surface area (Å²) in [6, 6.07) is 0. The topological polar surface area (TPSA) is 69.6 Å². The quantitative estimate of drug-likeness (QED) is 0.439. The Kier molecular flexibility index (Phi) is 5.33. The predicted molar refractivity (Wildman–Crippen MR) is 54.5 cm³/mol. The lowest BCUT2D eigenvalue weighted by atomic mass is 10.2. The van der Waals surface area contributed by atoms with Crippen LogP contribution in [-0.2, 0) is 4.79 Å². The van der Waals surface area contributed by atoms with Crippen molar-refractivity contribution in [3.8, 4) is 0 Å². The molecule has 0 fully saturated rings. The highest BCUT2D eigenvalue weighted by Gasteiger charge is 2.05. The van der Waals surface area contributed by atoms with Crippen LogP contribution in [0.3, 0.4) is 0 Å². The van der Waals surface area contributed by atoms with Gasteiger partial charge in [0.15, 0.2) is 0 Å². The average Bonchev–Trinajstić information content (AvgIpc) is 2.13. The van der Waals surface area contributed by atoms with Gasteiger partial charge in [-0.3, -0.25) is 0 Å². The zero-order chi connectivity index (χ0) is 11.1. The van der Waals surface area contributed by atoms with Crippen molar-refractivity contribution in [1.82, 2.24) is 5.32 Å². The van der Waals surface area contributed by atoms with Crippen LogP contribution < -0.4 is 5.32 Å². The Morgan fingerprint density at radius 3 is 2.64 bits per heavy atom. The molecule has 0 amide bonds. The van der Waals surface area contributed by atoms with Crippen molar-refractivity contribution in [2.75, 3.05) is 0 Å². The molecule has 0 bridgehead atoms. The molecular formula is C10H15NO3. The molecule has 0 rings (SSSR count). The summed E-state index contributed by atoms with van der Waals surface area (Å²) in [6.45, 7) is 8.47. The first-order valence-corrected chi connectivity index (χ1v) is 4.13. The standard InChI is InChI=1S/C10H15NO3/c1-4-5-9(12)8(3)11-6-7(2)10(13)14/h4,6,9,11-12H,1,3,5H2,2H3,(H,13,14). The number of aliphatic hydroxyl groups excluding tert-OH is 1. The Labute approximate surface area is 83.3 Å².